The highest BCUT2D eigenvalue weighted by atomic mass is 16.7. The Hall–Kier alpha value is -6.20. The van der Waals surface area contributed by atoms with Crippen molar-refractivity contribution in [3.05, 3.63) is 95.8 Å². The Morgan fingerprint density at radius 1 is 0.500 bits per heavy atom. The van der Waals surface area contributed by atoms with Crippen LogP contribution in [-0.2, 0) is 33.0 Å². The van der Waals surface area contributed by atoms with E-state index in [1.54, 1.807) is 52.1 Å². The van der Waals surface area contributed by atoms with E-state index in [9.17, 15) is 0 Å². The van der Waals surface area contributed by atoms with Crippen LogP contribution in [0.15, 0.2) is 72.8 Å². The van der Waals surface area contributed by atoms with Gasteiger partial charge in [0.1, 0.15) is 22.1 Å². The average Bonchev–Trinajstić information content (AvgIpc) is 3.96. The van der Waals surface area contributed by atoms with Crippen LogP contribution in [0.25, 0.3) is 67.4 Å². The van der Waals surface area contributed by atoms with Gasteiger partial charge in [-0.2, -0.15) is 30.0 Å². The summed E-state index contributed by atoms with van der Waals surface area (Å²) < 4.78 is 21.4. The number of nitrogens with one attached hydrogen (secondary N) is 2. The second-order valence-electron chi connectivity index (χ2n) is 12.4. The van der Waals surface area contributed by atoms with Crippen molar-refractivity contribution >= 4 is 22.1 Å². The van der Waals surface area contributed by atoms with E-state index in [0.29, 0.717) is 11.6 Å². The zero-order valence-electron chi connectivity index (χ0n) is 31.2. The van der Waals surface area contributed by atoms with E-state index < -0.39 is 12.6 Å². The average molecular weight is 729 g/mol. The van der Waals surface area contributed by atoms with E-state index in [4.69, 9.17) is 28.9 Å². The zero-order chi connectivity index (χ0) is 37.9. The molecule has 8 aromatic rings. The SMILES string of the molecule is COC(OC)c1nc(-c2ccc3nn(C)nc3c2)c(-c2cccc(C)n2)[nH]1.COC(OC)c1nc(-c2ccc3nn(C)nc3c2)c(-c2cccc(C)n2)[nH]1. The van der Waals surface area contributed by atoms with E-state index in [0.717, 1.165) is 78.7 Å². The third-order valence-electron chi connectivity index (χ3n) is 8.54. The number of methoxy groups -OCH3 is 4. The van der Waals surface area contributed by atoms with Crippen molar-refractivity contribution in [2.75, 3.05) is 28.4 Å². The molecule has 0 radical (unpaired) electrons. The van der Waals surface area contributed by atoms with Gasteiger partial charge >= 0.3 is 0 Å². The molecule has 54 heavy (non-hydrogen) atoms. The van der Waals surface area contributed by atoms with Crippen LogP contribution in [-0.4, -0.2) is 88.3 Å². The van der Waals surface area contributed by atoms with Crippen LogP contribution in [0.2, 0.25) is 0 Å². The quantitative estimate of drug-likeness (QED) is 0.156. The maximum atomic E-state index is 5.36. The molecule has 0 saturated heterocycles. The van der Waals surface area contributed by atoms with Gasteiger partial charge in [0, 0.05) is 65.0 Å². The number of nitrogens with zero attached hydrogens (tertiary/aromatic N) is 10. The van der Waals surface area contributed by atoms with Gasteiger partial charge in [0.15, 0.2) is 11.6 Å². The molecule has 6 aromatic heterocycles. The molecule has 2 N–H and O–H groups in total. The largest absolute Gasteiger partial charge is 0.349 e. The molecule has 16 nitrogen and oxygen atoms in total. The summed E-state index contributed by atoms with van der Waals surface area (Å²) in [7, 11) is 9.91. The van der Waals surface area contributed by atoms with Crippen molar-refractivity contribution in [3.8, 4) is 45.3 Å². The minimum absolute atomic E-state index is 0.576. The monoisotopic (exact) mass is 728 g/mol. The van der Waals surface area contributed by atoms with Crippen molar-refractivity contribution in [1.82, 2.24) is 59.9 Å². The Labute approximate surface area is 310 Å². The Kier molecular flexibility index (Phi) is 10.3. The predicted octanol–water partition coefficient (Wildman–Crippen LogP) is 6.04. The molecule has 0 spiro atoms. The van der Waals surface area contributed by atoms with Gasteiger partial charge in [-0.1, -0.05) is 24.3 Å². The van der Waals surface area contributed by atoms with Crippen LogP contribution in [0.3, 0.4) is 0 Å². The van der Waals surface area contributed by atoms with Crippen molar-refractivity contribution in [3.63, 3.8) is 0 Å². The van der Waals surface area contributed by atoms with Crippen molar-refractivity contribution in [1.29, 1.82) is 0 Å². The third-order valence-corrected chi connectivity index (χ3v) is 8.54. The van der Waals surface area contributed by atoms with Gasteiger partial charge < -0.3 is 28.9 Å². The van der Waals surface area contributed by atoms with Gasteiger partial charge in [0.2, 0.25) is 12.6 Å². The summed E-state index contributed by atoms with van der Waals surface area (Å²) in [5.74, 6) is 1.15. The van der Waals surface area contributed by atoms with Gasteiger partial charge in [0.25, 0.3) is 0 Å². The van der Waals surface area contributed by atoms with E-state index in [-0.39, 0.29) is 0 Å². The fourth-order valence-corrected chi connectivity index (χ4v) is 6.14. The summed E-state index contributed by atoms with van der Waals surface area (Å²) in [6, 6.07) is 23.5. The molecular weight excluding hydrogens is 688 g/mol. The molecule has 16 heteroatoms. The first-order valence-electron chi connectivity index (χ1n) is 17.0. The number of benzene rings is 2. The lowest BCUT2D eigenvalue weighted by atomic mass is 10.1. The van der Waals surface area contributed by atoms with Gasteiger partial charge in [-0.3, -0.25) is 9.97 Å². The highest BCUT2D eigenvalue weighted by Crippen LogP contribution is 2.34. The molecular formula is C38H40N12O4. The molecule has 0 aliphatic rings. The fourth-order valence-electron chi connectivity index (χ4n) is 6.14. The van der Waals surface area contributed by atoms with E-state index in [1.807, 2.05) is 86.6 Å². The third kappa shape index (κ3) is 7.35. The summed E-state index contributed by atoms with van der Waals surface area (Å²) in [6.07, 6.45) is -1.19. The zero-order valence-corrected chi connectivity index (χ0v) is 31.2. The number of H-pyrrole nitrogens is 2. The molecule has 6 heterocycles. The number of imidazole rings is 2. The molecule has 0 unspecified atom stereocenters. The van der Waals surface area contributed by atoms with Gasteiger partial charge in [-0.05, 0) is 62.4 Å². The second-order valence-corrected chi connectivity index (χ2v) is 12.4. The first kappa shape index (κ1) is 36.2. The number of aryl methyl sites for hydroxylation is 4. The maximum Gasteiger partial charge on any atom is 0.216 e. The van der Waals surface area contributed by atoms with Gasteiger partial charge in [-0.15, -0.1) is 0 Å². The van der Waals surface area contributed by atoms with Crippen LogP contribution in [0.1, 0.15) is 35.6 Å². The summed E-state index contributed by atoms with van der Waals surface area (Å²) in [4.78, 5) is 28.5. The normalized spacial score (nSPS) is 11.6. The lowest BCUT2D eigenvalue weighted by molar-refractivity contribution is -0.111. The summed E-state index contributed by atoms with van der Waals surface area (Å²) in [5.41, 5.74) is 11.7. The highest BCUT2D eigenvalue weighted by Gasteiger charge is 2.23. The summed E-state index contributed by atoms with van der Waals surface area (Å²) >= 11 is 0. The minimum atomic E-state index is -0.595. The predicted molar refractivity (Wildman–Crippen MR) is 202 cm³/mol. The van der Waals surface area contributed by atoms with Crippen LogP contribution in [0, 0.1) is 13.8 Å². The fraction of sp³-hybridized carbons (Fsp3) is 0.263. The molecule has 0 fully saturated rings. The number of aromatic amines is 2. The number of aromatic nitrogens is 12. The van der Waals surface area contributed by atoms with E-state index >= 15 is 0 Å². The van der Waals surface area contributed by atoms with Crippen LogP contribution in [0.5, 0.6) is 0 Å². The van der Waals surface area contributed by atoms with Crippen LogP contribution in [0.4, 0.5) is 0 Å². The molecule has 0 atom stereocenters. The first-order chi connectivity index (χ1) is 26.2. The van der Waals surface area contributed by atoms with Crippen molar-refractivity contribution in [2.24, 2.45) is 14.1 Å². The van der Waals surface area contributed by atoms with E-state index in [2.05, 4.69) is 40.3 Å². The molecule has 2 aromatic carbocycles. The van der Waals surface area contributed by atoms with E-state index in [1.165, 1.54) is 0 Å². The summed E-state index contributed by atoms with van der Waals surface area (Å²) in [6.45, 7) is 3.92. The van der Waals surface area contributed by atoms with Crippen LogP contribution < -0.4 is 0 Å². The lowest BCUT2D eigenvalue weighted by Gasteiger charge is -2.09. The number of rotatable bonds is 10. The van der Waals surface area contributed by atoms with Crippen molar-refractivity contribution in [2.45, 2.75) is 26.4 Å². The standard InChI is InChI=1S/2C19H20N6O2/c2*1-11-6-5-7-14(20-11)17-16(21-18(22-17)19(26-3)27-4)12-8-9-13-15(10-12)24-25(2)23-13/h2*5-10,19H,1-4H3,(H,21,22). The smallest absolute Gasteiger partial charge is 0.216 e. The topological polar surface area (TPSA) is 181 Å². The van der Waals surface area contributed by atoms with Gasteiger partial charge in [0.05, 0.1) is 34.2 Å². The Morgan fingerprint density at radius 2 is 0.889 bits per heavy atom. The molecule has 0 amide bonds. The second kappa shape index (κ2) is 15.4. The van der Waals surface area contributed by atoms with Crippen LogP contribution >= 0.6 is 0 Å². The number of ether oxygens (including phenoxy) is 4. The highest BCUT2D eigenvalue weighted by molar-refractivity contribution is 5.86. The Morgan fingerprint density at radius 3 is 1.26 bits per heavy atom. The first-order valence-corrected chi connectivity index (χ1v) is 17.0. The Balaban J connectivity index is 0.000000167. The van der Waals surface area contributed by atoms with Crippen molar-refractivity contribution < 1.29 is 18.9 Å². The number of pyridine rings is 2. The van der Waals surface area contributed by atoms with Gasteiger partial charge in [-0.25, -0.2) is 9.97 Å². The maximum absolute atomic E-state index is 5.36. The molecule has 0 aliphatic carbocycles. The number of hydrogen-bond acceptors (Lipinski definition) is 12. The summed E-state index contributed by atoms with van der Waals surface area (Å²) in [5, 5.41) is 17.4. The number of fused-ring (bicyclic) bond motifs is 2. The molecule has 0 saturated carbocycles. The molecule has 276 valence electrons. The molecule has 0 bridgehead atoms. The Bertz CT molecular complexity index is 2370. The molecule has 8 rings (SSSR count). The minimum Gasteiger partial charge on any atom is -0.349 e. The number of hydrogen-bond donors (Lipinski definition) is 2. The lowest BCUT2D eigenvalue weighted by Crippen LogP contribution is -2.05. The molecule has 0 aliphatic heterocycles.